The van der Waals surface area contributed by atoms with Gasteiger partial charge in [-0.2, -0.15) is 0 Å². The number of hydrogen-bond donors (Lipinski definition) is 2. The minimum absolute atomic E-state index is 0.134. The lowest BCUT2D eigenvalue weighted by molar-refractivity contribution is -0.0605. The van der Waals surface area contributed by atoms with Crippen molar-refractivity contribution in [2.24, 2.45) is 5.92 Å². The highest BCUT2D eigenvalue weighted by atomic mass is 16.5. The number of pyridine rings is 1. The number of ether oxygens (including phenoxy) is 1. The average molecular weight is 336 g/mol. The number of aryl methyl sites for hydroxylation is 2. The Hall–Kier alpha value is -1.66. The zero-order valence-electron chi connectivity index (χ0n) is 14.8. The number of aromatic nitrogens is 1. The molecular formula is C18H28N2O4. The molecule has 1 aliphatic rings. The quantitative estimate of drug-likeness (QED) is 0.824. The summed E-state index contributed by atoms with van der Waals surface area (Å²) in [6.45, 7) is 7.65. The smallest absolute Gasteiger partial charge is 0.263 e. The number of nitrogens with one attached hydrogen (secondary N) is 1. The number of rotatable bonds is 6. The molecule has 0 aromatic carbocycles. The van der Waals surface area contributed by atoms with Crippen LogP contribution in [-0.2, 0) is 11.3 Å². The van der Waals surface area contributed by atoms with E-state index in [1.807, 2.05) is 0 Å². The third kappa shape index (κ3) is 4.68. The summed E-state index contributed by atoms with van der Waals surface area (Å²) < 4.78 is 6.82. The van der Waals surface area contributed by atoms with Crippen molar-refractivity contribution in [2.75, 3.05) is 19.8 Å². The molecule has 0 bridgehead atoms. The zero-order chi connectivity index (χ0) is 17.7. The fourth-order valence-corrected chi connectivity index (χ4v) is 2.78. The van der Waals surface area contributed by atoms with E-state index in [0.717, 1.165) is 6.42 Å². The second-order valence-electron chi connectivity index (χ2n) is 7.07. The Morgan fingerprint density at radius 1 is 1.42 bits per heavy atom. The van der Waals surface area contributed by atoms with Crippen molar-refractivity contribution in [3.05, 3.63) is 33.7 Å². The Morgan fingerprint density at radius 3 is 2.71 bits per heavy atom. The maximum atomic E-state index is 12.6. The van der Waals surface area contributed by atoms with Crippen molar-refractivity contribution < 1.29 is 14.6 Å². The Morgan fingerprint density at radius 2 is 2.08 bits per heavy atom. The van der Waals surface area contributed by atoms with Gasteiger partial charge in [0.15, 0.2) is 0 Å². The molecule has 1 aromatic heterocycles. The SMILES string of the molecule is Cc1ccn(CCC(C)C)c(=O)c1C(=O)NCC1(O)CCOCC1. The fraction of sp³-hybridized carbons (Fsp3) is 0.667. The van der Waals surface area contributed by atoms with Crippen molar-refractivity contribution >= 4 is 5.91 Å². The first kappa shape index (κ1) is 18.7. The molecule has 0 unspecified atom stereocenters. The lowest BCUT2D eigenvalue weighted by Gasteiger charge is -2.32. The van der Waals surface area contributed by atoms with Gasteiger partial charge in [0.25, 0.3) is 11.5 Å². The second-order valence-corrected chi connectivity index (χ2v) is 7.07. The summed E-state index contributed by atoms with van der Waals surface area (Å²) in [5.41, 5.74) is -0.408. The van der Waals surface area contributed by atoms with Crippen LogP contribution < -0.4 is 10.9 Å². The van der Waals surface area contributed by atoms with Gasteiger partial charge in [0.2, 0.25) is 0 Å². The molecule has 0 saturated carbocycles. The minimum atomic E-state index is -0.951. The number of carbonyl (C=O) groups is 1. The molecule has 134 valence electrons. The van der Waals surface area contributed by atoms with Crippen LogP contribution in [0.15, 0.2) is 17.1 Å². The van der Waals surface area contributed by atoms with E-state index in [1.54, 1.807) is 23.8 Å². The average Bonchev–Trinajstić information content (AvgIpc) is 2.53. The summed E-state index contributed by atoms with van der Waals surface area (Å²) in [5, 5.41) is 13.2. The monoisotopic (exact) mass is 336 g/mol. The molecule has 1 fully saturated rings. The molecule has 2 rings (SSSR count). The standard InChI is InChI=1S/C18H28N2O4/c1-13(2)4-8-20-9-5-14(3)15(17(20)22)16(21)19-12-18(23)6-10-24-11-7-18/h5,9,13,23H,4,6-8,10-12H2,1-3H3,(H,19,21). The molecule has 6 nitrogen and oxygen atoms in total. The third-order valence-electron chi connectivity index (χ3n) is 4.55. The van der Waals surface area contributed by atoms with Crippen molar-refractivity contribution in [2.45, 2.75) is 52.2 Å². The van der Waals surface area contributed by atoms with Crippen LogP contribution in [0.1, 0.15) is 49.0 Å². The predicted octanol–water partition coefficient (Wildman–Crippen LogP) is 1.47. The van der Waals surface area contributed by atoms with Crippen LogP contribution in [-0.4, -0.2) is 40.9 Å². The number of hydrogen-bond acceptors (Lipinski definition) is 4. The van der Waals surface area contributed by atoms with Gasteiger partial charge in [0, 0.05) is 45.3 Å². The highest BCUT2D eigenvalue weighted by Crippen LogP contribution is 2.19. The highest BCUT2D eigenvalue weighted by molar-refractivity contribution is 5.95. The van der Waals surface area contributed by atoms with E-state index in [0.29, 0.717) is 44.1 Å². The molecular weight excluding hydrogens is 308 g/mol. The van der Waals surface area contributed by atoms with Crippen molar-refractivity contribution in [3.8, 4) is 0 Å². The van der Waals surface area contributed by atoms with Crippen LogP contribution >= 0.6 is 0 Å². The molecule has 2 heterocycles. The molecule has 1 aliphatic heterocycles. The van der Waals surface area contributed by atoms with E-state index in [1.165, 1.54) is 0 Å². The van der Waals surface area contributed by atoms with E-state index in [-0.39, 0.29) is 17.7 Å². The number of aliphatic hydroxyl groups is 1. The predicted molar refractivity (Wildman–Crippen MR) is 92.2 cm³/mol. The van der Waals surface area contributed by atoms with Crippen molar-refractivity contribution in [3.63, 3.8) is 0 Å². The summed E-state index contributed by atoms with van der Waals surface area (Å²) >= 11 is 0. The first-order valence-electron chi connectivity index (χ1n) is 8.61. The molecule has 24 heavy (non-hydrogen) atoms. The van der Waals surface area contributed by atoms with Crippen LogP contribution in [0.4, 0.5) is 0 Å². The largest absolute Gasteiger partial charge is 0.388 e. The topological polar surface area (TPSA) is 80.6 Å². The van der Waals surface area contributed by atoms with Crippen LogP contribution in [0.5, 0.6) is 0 Å². The summed E-state index contributed by atoms with van der Waals surface area (Å²) in [6.07, 6.45) is 3.59. The summed E-state index contributed by atoms with van der Waals surface area (Å²) in [4.78, 5) is 25.1. The third-order valence-corrected chi connectivity index (χ3v) is 4.55. The highest BCUT2D eigenvalue weighted by Gasteiger charge is 2.30. The van der Waals surface area contributed by atoms with Gasteiger partial charge in [0.05, 0.1) is 5.60 Å². The number of carbonyl (C=O) groups excluding carboxylic acids is 1. The van der Waals surface area contributed by atoms with Gasteiger partial charge in [0.1, 0.15) is 5.56 Å². The van der Waals surface area contributed by atoms with Gasteiger partial charge in [-0.3, -0.25) is 9.59 Å². The van der Waals surface area contributed by atoms with Crippen LogP contribution in [0.3, 0.4) is 0 Å². The number of nitrogens with zero attached hydrogens (tertiary/aromatic N) is 1. The Bertz CT molecular complexity index is 630. The lowest BCUT2D eigenvalue weighted by Crippen LogP contribution is -2.47. The normalized spacial score (nSPS) is 17.0. The van der Waals surface area contributed by atoms with E-state index in [4.69, 9.17) is 4.74 Å². The summed E-state index contributed by atoms with van der Waals surface area (Å²) in [6, 6.07) is 1.79. The Kier molecular flexibility index (Phi) is 6.18. The van der Waals surface area contributed by atoms with Gasteiger partial charge < -0.3 is 19.7 Å². The van der Waals surface area contributed by atoms with E-state index in [9.17, 15) is 14.7 Å². The second kappa shape index (κ2) is 7.94. The van der Waals surface area contributed by atoms with Gasteiger partial charge in [-0.1, -0.05) is 13.8 Å². The molecule has 0 spiro atoms. The van der Waals surface area contributed by atoms with Crippen LogP contribution in [0.25, 0.3) is 0 Å². The van der Waals surface area contributed by atoms with Gasteiger partial charge in [-0.25, -0.2) is 0 Å². The molecule has 1 saturated heterocycles. The maximum Gasteiger partial charge on any atom is 0.263 e. The Balaban J connectivity index is 2.10. The van der Waals surface area contributed by atoms with Gasteiger partial charge in [-0.05, 0) is 30.9 Å². The summed E-state index contributed by atoms with van der Waals surface area (Å²) in [7, 11) is 0. The molecule has 0 atom stereocenters. The number of amides is 1. The van der Waals surface area contributed by atoms with E-state index < -0.39 is 11.5 Å². The van der Waals surface area contributed by atoms with Gasteiger partial charge in [-0.15, -0.1) is 0 Å². The van der Waals surface area contributed by atoms with E-state index >= 15 is 0 Å². The lowest BCUT2D eigenvalue weighted by atomic mass is 9.94. The van der Waals surface area contributed by atoms with E-state index in [2.05, 4.69) is 19.2 Å². The summed E-state index contributed by atoms with van der Waals surface area (Å²) in [5.74, 6) is 0.0644. The Labute approximate surface area is 142 Å². The minimum Gasteiger partial charge on any atom is -0.388 e. The molecule has 6 heteroatoms. The first-order valence-corrected chi connectivity index (χ1v) is 8.61. The first-order chi connectivity index (χ1) is 11.3. The maximum absolute atomic E-state index is 12.6. The molecule has 2 N–H and O–H groups in total. The van der Waals surface area contributed by atoms with Crippen molar-refractivity contribution in [1.29, 1.82) is 0 Å². The van der Waals surface area contributed by atoms with Crippen molar-refractivity contribution in [1.82, 2.24) is 9.88 Å². The zero-order valence-corrected chi connectivity index (χ0v) is 14.8. The van der Waals surface area contributed by atoms with Crippen LogP contribution in [0.2, 0.25) is 0 Å². The molecule has 0 aliphatic carbocycles. The van der Waals surface area contributed by atoms with Gasteiger partial charge >= 0.3 is 0 Å². The molecule has 0 radical (unpaired) electrons. The molecule has 1 aromatic rings. The molecule has 1 amide bonds. The van der Waals surface area contributed by atoms with Crippen LogP contribution in [0, 0.1) is 12.8 Å². The fourth-order valence-electron chi connectivity index (χ4n) is 2.78.